The zero-order chi connectivity index (χ0) is 15.0. The largest absolute Gasteiger partial charge is 0.379 e. The fraction of sp³-hybridized carbons (Fsp3) is 0.200. The van der Waals surface area contributed by atoms with E-state index >= 15 is 0 Å². The number of pyridine rings is 1. The highest BCUT2D eigenvalue weighted by molar-refractivity contribution is 9.10. The van der Waals surface area contributed by atoms with Gasteiger partial charge in [0.1, 0.15) is 5.15 Å². The molecule has 0 amide bonds. The zero-order valence-electron chi connectivity index (χ0n) is 11.7. The van der Waals surface area contributed by atoms with Gasteiger partial charge in [-0.3, -0.25) is 9.67 Å². The number of anilines is 1. The molecule has 0 aliphatic carbocycles. The molecule has 0 radical (unpaired) electrons. The summed E-state index contributed by atoms with van der Waals surface area (Å²) in [5.74, 6) is 0. The molecule has 6 heteroatoms. The van der Waals surface area contributed by atoms with Crippen molar-refractivity contribution in [2.45, 2.75) is 13.5 Å². The van der Waals surface area contributed by atoms with Crippen molar-refractivity contribution in [3.63, 3.8) is 0 Å². The number of aryl methyl sites for hydroxylation is 2. The third-order valence-electron chi connectivity index (χ3n) is 3.40. The lowest BCUT2D eigenvalue weighted by Crippen LogP contribution is -2.02. The molecule has 1 aromatic carbocycles. The topological polar surface area (TPSA) is 42.7 Å². The van der Waals surface area contributed by atoms with Crippen molar-refractivity contribution in [3.05, 3.63) is 51.3 Å². The molecule has 108 valence electrons. The number of benzene rings is 1. The molecular weight excluding hydrogens is 352 g/mol. The fourth-order valence-corrected chi connectivity index (χ4v) is 2.93. The van der Waals surface area contributed by atoms with Gasteiger partial charge < -0.3 is 5.32 Å². The van der Waals surface area contributed by atoms with E-state index in [4.69, 9.17) is 11.6 Å². The lowest BCUT2D eigenvalue weighted by Gasteiger charge is -2.09. The third-order valence-corrected chi connectivity index (χ3v) is 4.31. The number of rotatable bonds is 3. The van der Waals surface area contributed by atoms with Gasteiger partial charge in [0.05, 0.1) is 16.9 Å². The van der Waals surface area contributed by atoms with Crippen molar-refractivity contribution in [2.24, 2.45) is 7.05 Å². The number of nitrogens with zero attached hydrogens (tertiary/aromatic N) is 3. The normalized spacial score (nSPS) is 11.0. The summed E-state index contributed by atoms with van der Waals surface area (Å²) in [6, 6.07) is 8.12. The first-order valence-electron chi connectivity index (χ1n) is 6.52. The van der Waals surface area contributed by atoms with Crippen molar-refractivity contribution >= 4 is 44.1 Å². The van der Waals surface area contributed by atoms with Crippen LogP contribution in [0.3, 0.4) is 0 Å². The van der Waals surface area contributed by atoms with Gasteiger partial charge in [-0.1, -0.05) is 23.7 Å². The number of para-hydroxylation sites is 1. The smallest absolute Gasteiger partial charge is 0.131 e. The second-order valence-electron chi connectivity index (χ2n) is 4.86. The van der Waals surface area contributed by atoms with Crippen molar-refractivity contribution in [1.82, 2.24) is 14.8 Å². The molecule has 0 atom stereocenters. The SMILES string of the molecule is Cc1nn(C)c(Cl)c1CNc1cccc2cc(Br)cnc12. The molecule has 3 aromatic rings. The summed E-state index contributed by atoms with van der Waals surface area (Å²) in [4.78, 5) is 4.48. The first-order chi connectivity index (χ1) is 10.1. The molecule has 1 N–H and O–H groups in total. The number of hydrogen-bond donors (Lipinski definition) is 1. The molecule has 0 aliphatic heterocycles. The van der Waals surface area contributed by atoms with Crippen LogP contribution in [0.15, 0.2) is 34.9 Å². The molecule has 0 aliphatic rings. The predicted octanol–water partition coefficient (Wildman–Crippen LogP) is 4.30. The Morgan fingerprint density at radius 2 is 2.19 bits per heavy atom. The molecule has 3 rings (SSSR count). The van der Waals surface area contributed by atoms with Crippen LogP contribution in [0.1, 0.15) is 11.3 Å². The van der Waals surface area contributed by atoms with Gasteiger partial charge >= 0.3 is 0 Å². The molecule has 4 nitrogen and oxygen atoms in total. The first-order valence-corrected chi connectivity index (χ1v) is 7.69. The summed E-state index contributed by atoms with van der Waals surface area (Å²) in [6.07, 6.45) is 1.80. The highest BCUT2D eigenvalue weighted by atomic mass is 79.9. The second kappa shape index (κ2) is 5.66. The van der Waals surface area contributed by atoms with E-state index in [9.17, 15) is 0 Å². The summed E-state index contributed by atoms with van der Waals surface area (Å²) in [6.45, 7) is 2.58. The Labute approximate surface area is 136 Å². The van der Waals surface area contributed by atoms with Gasteiger partial charge in [-0.05, 0) is 35.0 Å². The number of halogens is 2. The zero-order valence-corrected chi connectivity index (χ0v) is 14.0. The van der Waals surface area contributed by atoms with E-state index < -0.39 is 0 Å². The van der Waals surface area contributed by atoms with Crippen molar-refractivity contribution in [2.75, 3.05) is 5.32 Å². The minimum Gasteiger partial charge on any atom is -0.379 e. The Kier molecular flexibility index (Phi) is 3.87. The minimum atomic E-state index is 0.620. The van der Waals surface area contributed by atoms with Gasteiger partial charge in [-0.25, -0.2) is 0 Å². The van der Waals surface area contributed by atoms with E-state index in [0.29, 0.717) is 11.7 Å². The van der Waals surface area contributed by atoms with Gasteiger partial charge in [0.25, 0.3) is 0 Å². The van der Waals surface area contributed by atoms with E-state index in [-0.39, 0.29) is 0 Å². The van der Waals surface area contributed by atoms with Crippen molar-refractivity contribution in [3.8, 4) is 0 Å². The van der Waals surface area contributed by atoms with Gasteiger partial charge in [0, 0.05) is 35.2 Å². The highest BCUT2D eigenvalue weighted by Crippen LogP contribution is 2.26. The van der Waals surface area contributed by atoms with Crippen LogP contribution < -0.4 is 5.32 Å². The van der Waals surface area contributed by atoms with Crippen LogP contribution in [-0.4, -0.2) is 14.8 Å². The van der Waals surface area contributed by atoms with Crippen LogP contribution in [-0.2, 0) is 13.6 Å². The van der Waals surface area contributed by atoms with Crippen LogP contribution in [0.25, 0.3) is 10.9 Å². The molecule has 21 heavy (non-hydrogen) atoms. The maximum absolute atomic E-state index is 6.26. The van der Waals surface area contributed by atoms with E-state index in [1.54, 1.807) is 10.9 Å². The molecule has 0 saturated heterocycles. The Balaban J connectivity index is 1.92. The van der Waals surface area contributed by atoms with Crippen LogP contribution in [0.5, 0.6) is 0 Å². The molecular formula is C15H14BrClN4. The van der Waals surface area contributed by atoms with Gasteiger partial charge in [0.2, 0.25) is 0 Å². The number of fused-ring (bicyclic) bond motifs is 1. The minimum absolute atomic E-state index is 0.620. The Hall–Kier alpha value is -1.59. The molecule has 2 heterocycles. The van der Waals surface area contributed by atoms with Crippen molar-refractivity contribution in [1.29, 1.82) is 0 Å². The first kappa shape index (κ1) is 14.4. The van der Waals surface area contributed by atoms with Gasteiger partial charge in [-0.15, -0.1) is 0 Å². The van der Waals surface area contributed by atoms with Gasteiger partial charge in [-0.2, -0.15) is 5.10 Å². The molecule has 0 bridgehead atoms. The molecule has 0 spiro atoms. The quantitative estimate of drug-likeness (QED) is 0.752. The lowest BCUT2D eigenvalue weighted by molar-refractivity contribution is 0.757. The molecule has 0 fully saturated rings. The van der Waals surface area contributed by atoms with E-state index in [1.807, 2.05) is 32.2 Å². The van der Waals surface area contributed by atoms with E-state index in [1.165, 1.54) is 0 Å². The molecule has 0 unspecified atom stereocenters. The Bertz CT molecular complexity index is 813. The highest BCUT2D eigenvalue weighted by Gasteiger charge is 2.11. The van der Waals surface area contributed by atoms with Crippen LogP contribution in [0, 0.1) is 6.92 Å². The van der Waals surface area contributed by atoms with Crippen LogP contribution in [0.4, 0.5) is 5.69 Å². The number of nitrogens with one attached hydrogen (secondary N) is 1. The predicted molar refractivity (Wildman–Crippen MR) is 89.7 cm³/mol. The summed E-state index contributed by atoms with van der Waals surface area (Å²) in [5, 5.41) is 9.47. The fourth-order valence-electron chi connectivity index (χ4n) is 2.33. The van der Waals surface area contributed by atoms with Crippen LogP contribution >= 0.6 is 27.5 Å². The van der Waals surface area contributed by atoms with Crippen LogP contribution in [0.2, 0.25) is 5.15 Å². The standard InChI is InChI=1S/C15H14BrClN4/c1-9-12(15(17)21(2)20-9)8-18-13-5-3-4-10-6-11(16)7-19-14(10)13/h3-7,18H,8H2,1-2H3. The third kappa shape index (κ3) is 2.76. The number of hydrogen-bond acceptors (Lipinski definition) is 3. The summed E-state index contributed by atoms with van der Waals surface area (Å²) in [5.41, 5.74) is 3.87. The Morgan fingerprint density at radius 3 is 2.90 bits per heavy atom. The molecule has 2 aromatic heterocycles. The summed E-state index contributed by atoms with van der Waals surface area (Å²) < 4.78 is 2.66. The van der Waals surface area contributed by atoms with Crippen molar-refractivity contribution < 1.29 is 0 Å². The Morgan fingerprint density at radius 1 is 1.38 bits per heavy atom. The summed E-state index contributed by atoms with van der Waals surface area (Å²) in [7, 11) is 1.84. The monoisotopic (exact) mass is 364 g/mol. The van der Waals surface area contributed by atoms with Gasteiger partial charge in [0.15, 0.2) is 0 Å². The second-order valence-corrected chi connectivity index (χ2v) is 6.14. The van der Waals surface area contributed by atoms with E-state index in [0.717, 1.165) is 32.3 Å². The molecule has 0 saturated carbocycles. The summed E-state index contributed by atoms with van der Waals surface area (Å²) >= 11 is 9.70. The average Bonchev–Trinajstić information content (AvgIpc) is 2.70. The maximum atomic E-state index is 6.26. The number of aromatic nitrogens is 3. The maximum Gasteiger partial charge on any atom is 0.131 e. The average molecular weight is 366 g/mol. The van der Waals surface area contributed by atoms with E-state index in [2.05, 4.69) is 37.4 Å². The lowest BCUT2D eigenvalue weighted by atomic mass is 10.2.